The molecular weight excluding hydrogens is 384 g/mol. The van der Waals surface area contributed by atoms with Crippen LogP contribution in [0.2, 0.25) is 0 Å². The molecule has 2 aliphatic rings. The monoisotopic (exact) mass is 416 g/mol. The van der Waals surface area contributed by atoms with E-state index in [9.17, 15) is 9.59 Å². The Labute approximate surface area is 176 Å². The molecule has 0 aromatic carbocycles. The molecule has 1 saturated heterocycles. The van der Waals surface area contributed by atoms with Gasteiger partial charge >= 0.3 is 0 Å². The van der Waals surface area contributed by atoms with Gasteiger partial charge in [-0.15, -0.1) is 11.3 Å². The van der Waals surface area contributed by atoms with Crippen molar-refractivity contribution in [1.29, 1.82) is 0 Å². The van der Waals surface area contributed by atoms with Crippen LogP contribution in [0.15, 0.2) is 11.1 Å². The molecule has 7 heteroatoms. The first-order valence-electron chi connectivity index (χ1n) is 10.8. The molecule has 0 radical (unpaired) electrons. The zero-order valence-electron chi connectivity index (χ0n) is 17.8. The summed E-state index contributed by atoms with van der Waals surface area (Å²) in [6.45, 7) is 10.7. The average molecular weight is 417 g/mol. The number of nitrogens with one attached hydrogen (secondary N) is 1. The highest BCUT2D eigenvalue weighted by Crippen LogP contribution is 2.41. The summed E-state index contributed by atoms with van der Waals surface area (Å²) in [5.41, 5.74) is 1.51. The van der Waals surface area contributed by atoms with Crippen molar-refractivity contribution in [2.45, 2.75) is 59.4 Å². The first-order valence-corrected chi connectivity index (χ1v) is 11.6. The number of fused-ring (bicyclic) bond motifs is 3. The van der Waals surface area contributed by atoms with Crippen LogP contribution in [0.4, 0.5) is 0 Å². The van der Waals surface area contributed by atoms with Crippen molar-refractivity contribution >= 4 is 27.5 Å². The van der Waals surface area contributed by atoms with Gasteiger partial charge in [-0.2, -0.15) is 0 Å². The minimum Gasteiger partial charge on any atom is -0.341 e. The summed E-state index contributed by atoms with van der Waals surface area (Å²) >= 11 is 1.69. The Balaban J connectivity index is 1.52. The maximum atomic E-state index is 13.2. The van der Waals surface area contributed by atoms with Crippen molar-refractivity contribution in [2.75, 3.05) is 26.2 Å². The fourth-order valence-corrected chi connectivity index (χ4v) is 5.83. The molecule has 158 valence electrons. The molecule has 1 aliphatic heterocycles. The van der Waals surface area contributed by atoms with Crippen LogP contribution in [-0.2, 0) is 24.2 Å². The normalized spacial score (nSPS) is 20.5. The van der Waals surface area contributed by atoms with E-state index < -0.39 is 0 Å². The molecule has 0 bridgehead atoms. The highest BCUT2D eigenvalue weighted by Gasteiger charge is 2.31. The molecule has 0 saturated carbocycles. The van der Waals surface area contributed by atoms with Gasteiger partial charge in [-0.1, -0.05) is 20.8 Å². The summed E-state index contributed by atoms with van der Waals surface area (Å²) < 4.78 is 1.64. The first-order chi connectivity index (χ1) is 13.8. The number of nitrogens with zero attached hydrogens (tertiary/aromatic N) is 3. The lowest BCUT2D eigenvalue weighted by Crippen LogP contribution is -2.35. The zero-order valence-corrected chi connectivity index (χ0v) is 18.6. The highest BCUT2D eigenvalue weighted by molar-refractivity contribution is 7.18. The van der Waals surface area contributed by atoms with Gasteiger partial charge < -0.3 is 10.2 Å². The van der Waals surface area contributed by atoms with Crippen LogP contribution in [0.1, 0.15) is 50.5 Å². The van der Waals surface area contributed by atoms with Crippen molar-refractivity contribution in [3.05, 3.63) is 27.1 Å². The zero-order chi connectivity index (χ0) is 20.6. The molecule has 3 heterocycles. The van der Waals surface area contributed by atoms with E-state index in [-0.39, 0.29) is 16.9 Å². The van der Waals surface area contributed by atoms with Crippen LogP contribution in [0, 0.1) is 11.3 Å². The summed E-state index contributed by atoms with van der Waals surface area (Å²) in [4.78, 5) is 34.4. The van der Waals surface area contributed by atoms with Crippen LogP contribution < -0.4 is 10.9 Å². The Bertz CT molecular complexity index is 948. The van der Waals surface area contributed by atoms with Crippen LogP contribution in [0.3, 0.4) is 0 Å². The SMILES string of the molecule is CC(C)(C)C1CCc2c(sc3ncn(CCC(=O)N4CCCNCC4)c(=O)c23)C1. The average Bonchev–Trinajstić information content (AvgIpc) is 2.85. The summed E-state index contributed by atoms with van der Waals surface area (Å²) in [7, 11) is 0. The number of hydrogen-bond donors (Lipinski definition) is 1. The van der Waals surface area contributed by atoms with Crippen LogP contribution >= 0.6 is 11.3 Å². The number of aromatic nitrogens is 2. The summed E-state index contributed by atoms with van der Waals surface area (Å²) in [6, 6.07) is 0. The second-order valence-corrected chi connectivity index (χ2v) is 10.6. The smallest absolute Gasteiger partial charge is 0.262 e. The molecule has 6 nitrogen and oxygen atoms in total. The van der Waals surface area contributed by atoms with Crippen molar-refractivity contribution < 1.29 is 4.79 Å². The fraction of sp³-hybridized carbons (Fsp3) is 0.682. The number of aryl methyl sites for hydroxylation is 2. The topological polar surface area (TPSA) is 67.2 Å². The summed E-state index contributed by atoms with van der Waals surface area (Å²) in [5.74, 6) is 0.770. The molecule has 1 unspecified atom stereocenters. The molecule has 4 rings (SSSR count). The Morgan fingerprint density at radius 2 is 2.14 bits per heavy atom. The molecular formula is C22H32N4O2S. The predicted molar refractivity (Wildman–Crippen MR) is 118 cm³/mol. The lowest BCUT2D eigenvalue weighted by Gasteiger charge is -2.33. The number of carbonyl (C=O) groups is 1. The summed E-state index contributed by atoms with van der Waals surface area (Å²) in [5, 5.41) is 4.11. The Morgan fingerprint density at radius 3 is 2.93 bits per heavy atom. The van der Waals surface area contributed by atoms with E-state index >= 15 is 0 Å². The maximum Gasteiger partial charge on any atom is 0.262 e. The van der Waals surface area contributed by atoms with Gasteiger partial charge in [-0.25, -0.2) is 4.98 Å². The number of hydrogen-bond acceptors (Lipinski definition) is 5. The molecule has 2 aromatic rings. The first kappa shape index (κ1) is 20.5. The molecule has 1 N–H and O–H groups in total. The molecule has 1 amide bonds. The third-order valence-electron chi connectivity index (χ3n) is 6.52. The van der Waals surface area contributed by atoms with E-state index in [2.05, 4.69) is 31.1 Å². The van der Waals surface area contributed by atoms with E-state index in [1.165, 1.54) is 10.4 Å². The van der Waals surface area contributed by atoms with Crippen molar-refractivity contribution in [3.63, 3.8) is 0 Å². The lowest BCUT2D eigenvalue weighted by molar-refractivity contribution is -0.131. The van der Waals surface area contributed by atoms with E-state index in [0.717, 1.165) is 62.1 Å². The van der Waals surface area contributed by atoms with Gasteiger partial charge in [0.1, 0.15) is 4.83 Å². The van der Waals surface area contributed by atoms with E-state index in [0.29, 0.717) is 18.9 Å². The van der Waals surface area contributed by atoms with Crippen molar-refractivity contribution in [2.24, 2.45) is 11.3 Å². The number of carbonyl (C=O) groups excluding carboxylic acids is 1. The largest absolute Gasteiger partial charge is 0.341 e. The minimum absolute atomic E-state index is 0.0204. The quantitative estimate of drug-likeness (QED) is 0.836. The molecule has 1 aliphatic carbocycles. The second kappa shape index (κ2) is 8.19. The molecule has 1 atom stereocenters. The van der Waals surface area contributed by atoms with Gasteiger partial charge in [0, 0.05) is 37.5 Å². The highest BCUT2D eigenvalue weighted by atomic mass is 32.1. The molecule has 29 heavy (non-hydrogen) atoms. The standard InChI is InChI=1S/C22H32N4O2S/c1-22(2,3)15-5-6-16-17(13-15)29-20-19(16)21(28)26(14-24-20)11-7-18(27)25-10-4-8-23-9-12-25/h14-15,23H,4-13H2,1-3H3. The molecule has 1 fully saturated rings. The number of amides is 1. The van der Waals surface area contributed by atoms with Crippen molar-refractivity contribution in [1.82, 2.24) is 19.8 Å². The fourth-order valence-electron chi connectivity index (χ4n) is 4.57. The van der Waals surface area contributed by atoms with E-state index in [1.54, 1.807) is 22.2 Å². The summed E-state index contributed by atoms with van der Waals surface area (Å²) in [6.07, 6.45) is 6.09. The van der Waals surface area contributed by atoms with Crippen molar-refractivity contribution in [3.8, 4) is 0 Å². The maximum absolute atomic E-state index is 13.2. The van der Waals surface area contributed by atoms with Gasteiger partial charge in [-0.05, 0) is 49.1 Å². The van der Waals surface area contributed by atoms with Gasteiger partial charge in [-0.3, -0.25) is 14.2 Å². The Morgan fingerprint density at radius 1 is 1.31 bits per heavy atom. The van der Waals surface area contributed by atoms with E-state index in [4.69, 9.17) is 0 Å². The van der Waals surface area contributed by atoms with E-state index in [1.807, 2.05) is 4.90 Å². The Hall–Kier alpha value is -1.73. The second-order valence-electron chi connectivity index (χ2n) is 9.47. The Kier molecular flexibility index (Phi) is 5.80. The van der Waals surface area contributed by atoms with Crippen LogP contribution in [-0.4, -0.2) is 46.5 Å². The van der Waals surface area contributed by atoms with Gasteiger partial charge in [0.05, 0.1) is 11.7 Å². The van der Waals surface area contributed by atoms with Gasteiger partial charge in [0.25, 0.3) is 5.56 Å². The molecule has 2 aromatic heterocycles. The lowest BCUT2D eigenvalue weighted by atomic mass is 9.72. The number of thiophene rings is 1. The third kappa shape index (κ3) is 4.26. The van der Waals surface area contributed by atoms with Crippen LogP contribution in [0.25, 0.3) is 10.2 Å². The number of rotatable bonds is 3. The third-order valence-corrected chi connectivity index (χ3v) is 7.68. The predicted octanol–water partition coefficient (Wildman–Crippen LogP) is 2.82. The van der Waals surface area contributed by atoms with Crippen LogP contribution in [0.5, 0.6) is 0 Å². The minimum atomic E-state index is 0.0204. The van der Waals surface area contributed by atoms with Gasteiger partial charge in [0.15, 0.2) is 0 Å². The van der Waals surface area contributed by atoms with Gasteiger partial charge in [0.2, 0.25) is 5.91 Å². The molecule has 0 spiro atoms.